The molecular weight excluding hydrogens is 454 g/mol. The van der Waals surface area contributed by atoms with Crippen molar-refractivity contribution in [3.8, 4) is 23.0 Å². The van der Waals surface area contributed by atoms with Crippen LogP contribution in [-0.2, 0) is 0 Å². The molecule has 2 aromatic rings. The molecule has 2 N–H and O–H groups in total. The number of rotatable bonds is 10. The number of nitro groups is 1. The van der Waals surface area contributed by atoms with E-state index < -0.39 is 11.0 Å². The van der Waals surface area contributed by atoms with Gasteiger partial charge in [0.1, 0.15) is 24.1 Å². The van der Waals surface area contributed by atoms with Crippen LogP contribution in [0.3, 0.4) is 0 Å². The van der Waals surface area contributed by atoms with E-state index in [0.29, 0.717) is 29.5 Å². The third-order valence-corrected chi connectivity index (χ3v) is 5.50. The molecule has 1 aliphatic heterocycles. The lowest BCUT2D eigenvalue weighted by Gasteiger charge is -2.32. The molecule has 1 heterocycles. The predicted octanol–water partition coefficient (Wildman–Crippen LogP) is -2.10. The number of hydrogen-bond acceptors (Lipinski definition) is 8. The van der Waals surface area contributed by atoms with Crippen LogP contribution in [0.4, 0.5) is 11.4 Å². The number of hydrogen-bond donors (Lipinski definition) is 2. The lowest BCUT2D eigenvalue weighted by Crippen LogP contribution is -3.10. The number of piperazine rings is 1. The quantitative estimate of drug-likeness (QED) is 0.292. The van der Waals surface area contributed by atoms with E-state index in [0.717, 1.165) is 31.9 Å². The van der Waals surface area contributed by atoms with Gasteiger partial charge in [-0.2, -0.15) is 0 Å². The molecule has 1 aliphatic rings. The number of nitrogens with zero attached hydrogens (tertiary/aromatic N) is 2. The highest BCUT2D eigenvalue weighted by Crippen LogP contribution is 2.40. The van der Waals surface area contributed by atoms with Gasteiger partial charge in [-0.25, -0.2) is 0 Å². The Morgan fingerprint density at radius 1 is 1.06 bits per heavy atom. The Morgan fingerprint density at radius 2 is 1.64 bits per heavy atom. The molecular formula is C22H30ClN3O7. The van der Waals surface area contributed by atoms with Crippen LogP contribution < -0.4 is 36.3 Å². The van der Waals surface area contributed by atoms with Crippen LogP contribution in [0.5, 0.6) is 23.0 Å². The maximum Gasteiger partial charge on any atom is 0.269 e. The molecule has 1 saturated heterocycles. The molecule has 0 aromatic heterocycles. The van der Waals surface area contributed by atoms with Crippen molar-refractivity contribution in [3.05, 3.63) is 46.5 Å². The Hall–Kier alpha value is -2.79. The van der Waals surface area contributed by atoms with Gasteiger partial charge in [0.2, 0.25) is 5.75 Å². The fraction of sp³-hybridized carbons (Fsp3) is 0.455. The zero-order valence-electron chi connectivity index (χ0n) is 19.0. The second kappa shape index (κ2) is 12.4. The molecule has 1 unspecified atom stereocenters. The van der Waals surface area contributed by atoms with Crippen molar-refractivity contribution in [2.75, 3.05) is 60.7 Å². The fourth-order valence-electron chi connectivity index (χ4n) is 3.80. The van der Waals surface area contributed by atoms with E-state index in [4.69, 9.17) is 18.9 Å². The van der Waals surface area contributed by atoms with Gasteiger partial charge in [0.25, 0.3) is 5.69 Å². The van der Waals surface area contributed by atoms with E-state index in [1.807, 2.05) is 12.1 Å². The number of methoxy groups -OCH3 is 3. The molecule has 3 rings (SSSR count). The average molecular weight is 484 g/mol. The molecule has 33 heavy (non-hydrogen) atoms. The van der Waals surface area contributed by atoms with Crippen molar-refractivity contribution in [1.82, 2.24) is 4.90 Å². The summed E-state index contributed by atoms with van der Waals surface area (Å²) in [6, 6.07) is 10.1. The number of halogens is 1. The minimum Gasteiger partial charge on any atom is -1.00 e. The minimum absolute atomic E-state index is 0. The van der Waals surface area contributed by atoms with E-state index in [1.165, 1.54) is 26.2 Å². The highest BCUT2D eigenvalue weighted by molar-refractivity contribution is 5.55. The Balaban J connectivity index is 0.00000385. The minimum atomic E-state index is -0.657. The molecule has 0 aliphatic carbocycles. The third kappa shape index (κ3) is 6.84. The van der Waals surface area contributed by atoms with Crippen LogP contribution >= 0.6 is 0 Å². The zero-order valence-corrected chi connectivity index (χ0v) is 19.7. The van der Waals surface area contributed by atoms with Gasteiger partial charge >= 0.3 is 0 Å². The van der Waals surface area contributed by atoms with Gasteiger partial charge in [0.05, 0.1) is 39.3 Å². The Kier molecular flexibility index (Phi) is 9.98. The smallest absolute Gasteiger partial charge is 0.269 e. The number of β-amino-alcohol motifs (C(OH)–C–C–N with tert-alkyl or cyclic N) is 1. The summed E-state index contributed by atoms with van der Waals surface area (Å²) in [5.74, 6) is 1.98. The van der Waals surface area contributed by atoms with E-state index in [2.05, 4.69) is 4.90 Å². The average Bonchev–Trinajstić information content (AvgIpc) is 2.82. The molecule has 182 valence electrons. The molecule has 10 nitrogen and oxygen atoms in total. The van der Waals surface area contributed by atoms with Crippen LogP contribution in [-0.4, -0.2) is 81.7 Å². The highest BCUT2D eigenvalue weighted by Gasteiger charge is 2.24. The maximum absolute atomic E-state index is 10.8. The Morgan fingerprint density at radius 3 is 2.12 bits per heavy atom. The summed E-state index contributed by atoms with van der Waals surface area (Å²) in [6.07, 6.45) is -0.657. The first-order valence-electron chi connectivity index (χ1n) is 10.4. The van der Waals surface area contributed by atoms with Gasteiger partial charge in [0.15, 0.2) is 11.5 Å². The number of nitro benzene ring substituents is 1. The predicted molar refractivity (Wildman–Crippen MR) is 117 cm³/mol. The highest BCUT2D eigenvalue weighted by atomic mass is 35.5. The molecule has 11 heteroatoms. The number of ether oxygens (including phenoxy) is 4. The van der Waals surface area contributed by atoms with Gasteiger partial charge in [-0.05, 0) is 0 Å². The van der Waals surface area contributed by atoms with Crippen LogP contribution in [0.15, 0.2) is 36.4 Å². The number of aliphatic hydroxyl groups excluding tert-OH is 1. The monoisotopic (exact) mass is 483 g/mol. The topological polar surface area (TPSA) is 108 Å². The van der Waals surface area contributed by atoms with E-state index >= 15 is 0 Å². The second-order valence-electron chi connectivity index (χ2n) is 7.53. The van der Waals surface area contributed by atoms with Crippen LogP contribution in [0.2, 0.25) is 0 Å². The lowest BCUT2D eigenvalue weighted by molar-refractivity contribution is -0.838. The first kappa shape index (κ1) is 26.5. The largest absolute Gasteiger partial charge is 1.00 e. The van der Waals surface area contributed by atoms with Gasteiger partial charge in [0, 0.05) is 56.0 Å². The molecule has 0 radical (unpaired) electrons. The number of quaternary nitrogens is 1. The van der Waals surface area contributed by atoms with Crippen molar-refractivity contribution in [2.24, 2.45) is 0 Å². The van der Waals surface area contributed by atoms with Gasteiger partial charge in [-0.1, -0.05) is 0 Å². The summed E-state index contributed by atoms with van der Waals surface area (Å²) in [5, 5.41) is 21.3. The number of benzene rings is 2. The summed E-state index contributed by atoms with van der Waals surface area (Å²) >= 11 is 0. The molecule has 1 fully saturated rings. The maximum atomic E-state index is 10.8. The van der Waals surface area contributed by atoms with Gasteiger partial charge in [-0.3, -0.25) is 15.0 Å². The van der Waals surface area contributed by atoms with Crippen molar-refractivity contribution >= 4 is 11.4 Å². The van der Waals surface area contributed by atoms with Crippen LogP contribution in [0.1, 0.15) is 0 Å². The normalized spacial score (nSPS) is 15.3. The summed E-state index contributed by atoms with van der Waals surface area (Å²) in [5.41, 5.74) is 1.14. The first-order valence-corrected chi connectivity index (χ1v) is 10.4. The van der Waals surface area contributed by atoms with Gasteiger partial charge in [-0.15, -0.1) is 0 Å². The van der Waals surface area contributed by atoms with E-state index in [9.17, 15) is 15.2 Å². The number of non-ortho nitro benzene ring substituents is 1. The zero-order chi connectivity index (χ0) is 23.1. The van der Waals surface area contributed by atoms with Crippen LogP contribution in [0, 0.1) is 10.1 Å². The Bertz CT molecular complexity index is 880. The Labute approximate surface area is 199 Å². The van der Waals surface area contributed by atoms with E-state index in [-0.39, 0.29) is 24.7 Å². The number of nitrogens with one attached hydrogen (secondary N) is 1. The summed E-state index contributed by atoms with van der Waals surface area (Å²) in [4.78, 5) is 13.9. The SMILES string of the molecule is COc1cc(OCC(O)CN2CC[NH+](c3ccc([N+](=O)[O-])cc3)CC2)cc(OC)c1OC.[Cl-]. The van der Waals surface area contributed by atoms with Gasteiger partial charge < -0.3 is 41.4 Å². The molecule has 1 atom stereocenters. The van der Waals surface area contributed by atoms with Crippen molar-refractivity contribution in [3.63, 3.8) is 0 Å². The third-order valence-electron chi connectivity index (χ3n) is 5.50. The standard InChI is InChI=1S/C22H29N3O7.ClH/c1-29-20-12-19(13-21(30-2)22(20)31-3)32-15-18(26)14-23-8-10-24(11-9-23)16-4-6-17(7-5-16)25(27)28;/h4-7,12-13,18,26H,8-11,14-15H2,1-3H3;1H. The molecule has 0 spiro atoms. The van der Waals surface area contributed by atoms with Crippen LogP contribution in [0.25, 0.3) is 0 Å². The number of aliphatic hydroxyl groups is 1. The fourth-order valence-corrected chi connectivity index (χ4v) is 3.80. The first-order chi connectivity index (χ1) is 15.4. The van der Waals surface area contributed by atoms with Crippen molar-refractivity contribution < 1.29 is 46.3 Å². The molecule has 0 amide bonds. The summed E-state index contributed by atoms with van der Waals surface area (Å²) in [6.45, 7) is 3.98. The summed E-state index contributed by atoms with van der Waals surface area (Å²) < 4.78 is 21.7. The molecule has 0 saturated carbocycles. The lowest BCUT2D eigenvalue weighted by atomic mass is 10.2. The molecule has 2 aromatic carbocycles. The van der Waals surface area contributed by atoms with Crippen molar-refractivity contribution in [1.29, 1.82) is 0 Å². The summed E-state index contributed by atoms with van der Waals surface area (Å²) in [7, 11) is 4.61. The second-order valence-corrected chi connectivity index (χ2v) is 7.53. The van der Waals surface area contributed by atoms with E-state index in [1.54, 1.807) is 24.3 Å². The van der Waals surface area contributed by atoms with Crippen molar-refractivity contribution in [2.45, 2.75) is 6.10 Å². The molecule has 0 bridgehead atoms.